The monoisotopic (exact) mass is 529 g/mol. The van der Waals surface area contributed by atoms with Gasteiger partial charge in [0.1, 0.15) is 29.3 Å². The Morgan fingerprint density at radius 1 is 1.00 bits per heavy atom. The maximum atomic E-state index is 12.5. The molecule has 0 aliphatic carbocycles. The number of nitrogens with zero attached hydrogens (tertiary/aromatic N) is 5. The van der Waals surface area contributed by atoms with Crippen molar-refractivity contribution in [3.8, 4) is 24.1 Å². The molecule has 0 saturated carbocycles. The summed E-state index contributed by atoms with van der Waals surface area (Å²) in [6, 6.07) is 15.6. The summed E-state index contributed by atoms with van der Waals surface area (Å²) < 4.78 is 0. The zero-order valence-corrected chi connectivity index (χ0v) is 21.2. The molecular formula is C29H23N9O2. The van der Waals surface area contributed by atoms with Gasteiger partial charge < -0.3 is 16.8 Å². The van der Waals surface area contributed by atoms with Gasteiger partial charge in [-0.3, -0.25) is 19.8 Å². The van der Waals surface area contributed by atoms with Crippen molar-refractivity contribution in [2.24, 2.45) is 4.99 Å². The largest absolute Gasteiger partial charge is 0.397 e. The fourth-order valence-corrected chi connectivity index (χ4v) is 4.66. The Balaban J connectivity index is 1.23. The maximum Gasteiger partial charge on any atom is 0.261 e. The highest BCUT2D eigenvalue weighted by atomic mass is 16.2. The van der Waals surface area contributed by atoms with Gasteiger partial charge in [0, 0.05) is 24.1 Å². The van der Waals surface area contributed by atoms with Crippen LogP contribution in [0.1, 0.15) is 68.3 Å². The summed E-state index contributed by atoms with van der Waals surface area (Å²) in [5.74, 6) is 6.25. The Kier molecular flexibility index (Phi) is 7.00. The third-order valence-electron chi connectivity index (χ3n) is 6.63. The third kappa shape index (κ3) is 4.73. The quantitative estimate of drug-likeness (QED) is 0.127. The number of nitrogens with two attached hydrogens (primary N) is 2. The predicted molar refractivity (Wildman–Crippen MR) is 148 cm³/mol. The van der Waals surface area contributed by atoms with Crippen molar-refractivity contribution in [3.63, 3.8) is 0 Å². The van der Waals surface area contributed by atoms with E-state index in [1.165, 1.54) is 4.90 Å². The molecule has 5 rings (SSSR count). The average molecular weight is 530 g/mol. The fourth-order valence-electron chi connectivity index (χ4n) is 4.66. The summed E-state index contributed by atoms with van der Waals surface area (Å²) in [5, 5.41) is 23.9. The molecule has 2 aliphatic heterocycles. The van der Waals surface area contributed by atoms with E-state index in [0.717, 1.165) is 17.5 Å². The van der Waals surface area contributed by atoms with Crippen LogP contribution in [0.5, 0.6) is 0 Å². The van der Waals surface area contributed by atoms with Gasteiger partial charge in [-0.2, -0.15) is 10.5 Å². The van der Waals surface area contributed by atoms with Crippen LogP contribution in [0, 0.1) is 34.6 Å². The number of imide groups is 1. The number of rotatable bonds is 5. The van der Waals surface area contributed by atoms with Crippen LogP contribution >= 0.6 is 0 Å². The molecule has 196 valence electrons. The number of fused-ring (bicyclic) bond motifs is 2. The lowest BCUT2D eigenvalue weighted by molar-refractivity contribution is 0.0652. The molecule has 2 aromatic carbocycles. The van der Waals surface area contributed by atoms with Crippen LogP contribution in [-0.4, -0.2) is 34.2 Å². The molecule has 1 aromatic heterocycles. The average Bonchev–Trinajstić information content (AvgIpc) is 3.20. The lowest BCUT2D eigenvalue weighted by Gasteiger charge is -2.26. The van der Waals surface area contributed by atoms with E-state index in [-0.39, 0.29) is 34.8 Å². The molecule has 1 atom stereocenters. The number of benzene rings is 2. The first kappa shape index (κ1) is 25.8. The van der Waals surface area contributed by atoms with Crippen LogP contribution in [0.25, 0.3) is 0 Å². The number of anilines is 3. The fraction of sp³-hybridized carbons (Fsp3) is 0.172. The van der Waals surface area contributed by atoms with Gasteiger partial charge in [-0.05, 0) is 42.7 Å². The van der Waals surface area contributed by atoms with Gasteiger partial charge >= 0.3 is 0 Å². The molecule has 11 nitrogen and oxygen atoms in total. The second-order valence-corrected chi connectivity index (χ2v) is 9.09. The summed E-state index contributed by atoms with van der Waals surface area (Å²) in [6.45, 7) is 0.362. The molecule has 40 heavy (non-hydrogen) atoms. The van der Waals surface area contributed by atoms with Crippen molar-refractivity contribution in [1.29, 1.82) is 10.5 Å². The molecule has 0 saturated heterocycles. The molecule has 3 heterocycles. The molecule has 0 bridgehead atoms. The van der Waals surface area contributed by atoms with Gasteiger partial charge in [0.2, 0.25) is 5.96 Å². The Hall–Kier alpha value is -5.86. The van der Waals surface area contributed by atoms with Crippen molar-refractivity contribution >= 4 is 35.1 Å². The van der Waals surface area contributed by atoms with Crippen molar-refractivity contribution in [2.45, 2.75) is 25.3 Å². The van der Waals surface area contributed by atoms with Gasteiger partial charge in [0.15, 0.2) is 6.19 Å². The number of aliphatic imine (C=N–C) groups is 1. The zero-order valence-electron chi connectivity index (χ0n) is 21.2. The molecule has 3 aromatic rings. The molecular weight excluding hydrogens is 506 g/mol. The van der Waals surface area contributed by atoms with E-state index < -0.39 is 6.04 Å². The number of unbranched alkanes of at least 4 members (excludes halogenated alkanes) is 2. The Morgan fingerprint density at radius 2 is 1.70 bits per heavy atom. The standard InChI is InChI=1S/C29H23N9O2/c30-15-21-23(32)22-24(35-29(34-16-31)37-26(22)36-25(21)33)18-12-10-17(11-13-18)7-3-1-2-6-14-38-27(39)19-8-4-5-9-20(19)28(38)40/h4-5,8-13,24H,1-2,6,14H2,(H6,32,33,34,35,36,37). The summed E-state index contributed by atoms with van der Waals surface area (Å²) in [6.07, 6.45) is 3.84. The van der Waals surface area contributed by atoms with Crippen molar-refractivity contribution < 1.29 is 9.59 Å². The van der Waals surface area contributed by atoms with Crippen LogP contribution in [0.3, 0.4) is 0 Å². The number of carbonyl (C=O) groups is 2. The molecule has 1 unspecified atom stereocenters. The van der Waals surface area contributed by atoms with E-state index in [1.54, 1.807) is 24.3 Å². The highest BCUT2D eigenvalue weighted by molar-refractivity contribution is 6.21. The number of aromatic nitrogens is 1. The first-order valence-corrected chi connectivity index (χ1v) is 12.5. The number of pyridine rings is 1. The Morgan fingerprint density at radius 3 is 2.35 bits per heavy atom. The van der Waals surface area contributed by atoms with E-state index in [9.17, 15) is 14.9 Å². The molecule has 2 aliphatic rings. The topological polar surface area (TPSA) is 186 Å². The molecule has 0 radical (unpaired) electrons. The van der Waals surface area contributed by atoms with Crippen LogP contribution in [0.2, 0.25) is 0 Å². The van der Waals surface area contributed by atoms with E-state index in [1.807, 2.05) is 36.5 Å². The SMILES string of the molecule is N#CNC1=NC(c2ccc(C#CCCCCN3C(=O)c4ccccc4C3=O)cc2)c2c(nc(N)c(C#N)c2N)N1. The number of nitrogens with one attached hydrogen (secondary N) is 2. The van der Waals surface area contributed by atoms with Gasteiger partial charge in [0.25, 0.3) is 11.8 Å². The van der Waals surface area contributed by atoms with Gasteiger partial charge in [0.05, 0.1) is 16.8 Å². The molecule has 11 heteroatoms. The van der Waals surface area contributed by atoms with Crippen molar-refractivity contribution in [1.82, 2.24) is 15.2 Å². The number of hydrogen-bond acceptors (Lipinski definition) is 10. The first-order valence-electron chi connectivity index (χ1n) is 12.5. The lowest BCUT2D eigenvalue weighted by atomic mass is 9.94. The van der Waals surface area contributed by atoms with Crippen molar-refractivity contribution in [3.05, 3.63) is 81.9 Å². The van der Waals surface area contributed by atoms with Crippen molar-refractivity contribution in [2.75, 3.05) is 23.3 Å². The van der Waals surface area contributed by atoms with Gasteiger partial charge in [-0.25, -0.2) is 9.98 Å². The molecule has 2 amide bonds. The number of nitrogen functional groups attached to an aromatic ring is 2. The smallest absolute Gasteiger partial charge is 0.261 e. The summed E-state index contributed by atoms with van der Waals surface area (Å²) in [4.78, 5) is 35.0. The number of hydrogen-bond donors (Lipinski definition) is 4. The molecule has 6 N–H and O–H groups in total. The summed E-state index contributed by atoms with van der Waals surface area (Å²) in [5.41, 5.74) is 15.4. The second-order valence-electron chi connectivity index (χ2n) is 9.09. The number of guanidine groups is 1. The van der Waals surface area contributed by atoms with E-state index in [0.29, 0.717) is 41.9 Å². The van der Waals surface area contributed by atoms with E-state index >= 15 is 0 Å². The highest BCUT2D eigenvalue weighted by Crippen LogP contribution is 2.40. The van der Waals surface area contributed by atoms with Crippen LogP contribution in [0.4, 0.5) is 17.3 Å². The zero-order chi connectivity index (χ0) is 28.2. The van der Waals surface area contributed by atoms with E-state index in [4.69, 9.17) is 16.7 Å². The molecule has 0 spiro atoms. The summed E-state index contributed by atoms with van der Waals surface area (Å²) >= 11 is 0. The summed E-state index contributed by atoms with van der Waals surface area (Å²) in [7, 11) is 0. The first-order chi connectivity index (χ1) is 19.4. The van der Waals surface area contributed by atoms with Crippen LogP contribution < -0.4 is 22.1 Å². The minimum Gasteiger partial charge on any atom is -0.397 e. The second kappa shape index (κ2) is 10.9. The van der Waals surface area contributed by atoms with Gasteiger partial charge in [-0.15, -0.1) is 0 Å². The number of amides is 2. The Bertz CT molecular complexity index is 1670. The number of nitriles is 2. The minimum atomic E-state index is -0.628. The predicted octanol–water partition coefficient (Wildman–Crippen LogP) is 2.88. The normalized spacial score (nSPS) is 15.0. The number of carbonyl (C=O) groups excluding carboxylic acids is 2. The van der Waals surface area contributed by atoms with Crippen LogP contribution in [-0.2, 0) is 0 Å². The Labute approximate surface area is 230 Å². The molecule has 0 fully saturated rings. The maximum absolute atomic E-state index is 12.5. The highest BCUT2D eigenvalue weighted by Gasteiger charge is 2.34. The van der Waals surface area contributed by atoms with E-state index in [2.05, 4.69) is 32.5 Å². The lowest BCUT2D eigenvalue weighted by Crippen LogP contribution is -2.32. The van der Waals surface area contributed by atoms with Crippen LogP contribution in [0.15, 0.2) is 53.5 Å². The minimum absolute atomic E-state index is 0.0162. The van der Waals surface area contributed by atoms with Gasteiger partial charge in [-0.1, -0.05) is 36.1 Å². The third-order valence-corrected chi connectivity index (χ3v) is 6.63.